The lowest BCUT2D eigenvalue weighted by molar-refractivity contribution is 0.247. The highest BCUT2D eigenvalue weighted by atomic mass is 16.3. The van der Waals surface area contributed by atoms with Gasteiger partial charge in [0, 0.05) is 12.1 Å². The summed E-state index contributed by atoms with van der Waals surface area (Å²) in [5.41, 5.74) is 8.25. The summed E-state index contributed by atoms with van der Waals surface area (Å²) < 4.78 is 0. The standard InChI is InChI=1S/C13H17N3O/c14-13(17)12-8-4-7-11(15-16-12)9-10-5-2-1-3-6-10/h1-3,5-6,13,17H,4,7-9,14H2. The molecule has 0 aliphatic carbocycles. The Labute approximate surface area is 101 Å². The predicted molar refractivity (Wildman–Crippen MR) is 69.1 cm³/mol. The molecular formula is C13H17N3O. The third-order valence-corrected chi connectivity index (χ3v) is 2.81. The van der Waals surface area contributed by atoms with Crippen LogP contribution in [0.1, 0.15) is 24.8 Å². The van der Waals surface area contributed by atoms with Gasteiger partial charge in [-0.25, -0.2) is 0 Å². The van der Waals surface area contributed by atoms with E-state index in [4.69, 9.17) is 5.73 Å². The van der Waals surface area contributed by atoms with Crippen molar-refractivity contribution in [1.82, 2.24) is 0 Å². The summed E-state index contributed by atoms with van der Waals surface area (Å²) in [5, 5.41) is 17.5. The Hall–Kier alpha value is -1.52. The van der Waals surface area contributed by atoms with Gasteiger partial charge in [0.25, 0.3) is 0 Å². The highest BCUT2D eigenvalue weighted by molar-refractivity contribution is 5.92. The van der Waals surface area contributed by atoms with E-state index in [9.17, 15) is 5.11 Å². The summed E-state index contributed by atoms with van der Waals surface area (Å²) in [6, 6.07) is 10.2. The molecule has 0 spiro atoms. The highest BCUT2D eigenvalue weighted by Crippen LogP contribution is 2.11. The minimum atomic E-state index is -0.977. The minimum absolute atomic E-state index is 0.577. The van der Waals surface area contributed by atoms with Crippen LogP contribution in [0.15, 0.2) is 40.5 Å². The fraction of sp³-hybridized carbons (Fsp3) is 0.385. The molecule has 4 heteroatoms. The van der Waals surface area contributed by atoms with Crippen molar-refractivity contribution in [2.45, 2.75) is 31.9 Å². The lowest BCUT2D eigenvalue weighted by atomic mass is 10.0. The lowest BCUT2D eigenvalue weighted by Crippen LogP contribution is -2.29. The van der Waals surface area contributed by atoms with E-state index in [0.29, 0.717) is 5.71 Å². The fourth-order valence-electron chi connectivity index (χ4n) is 1.87. The number of aliphatic hydroxyl groups excluding tert-OH is 1. The van der Waals surface area contributed by atoms with Crippen LogP contribution in [0.5, 0.6) is 0 Å². The van der Waals surface area contributed by atoms with Gasteiger partial charge in [0.05, 0.1) is 5.71 Å². The minimum Gasteiger partial charge on any atom is -0.373 e. The molecule has 1 aromatic carbocycles. The predicted octanol–water partition coefficient (Wildman–Crippen LogP) is 1.49. The number of benzene rings is 1. The van der Waals surface area contributed by atoms with E-state index in [-0.39, 0.29) is 0 Å². The quantitative estimate of drug-likeness (QED) is 0.774. The molecule has 0 fully saturated rings. The molecule has 0 saturated heterocycles. The summed E-state index contributed by atoms with van der Waals surface area (Å²) in [6.45, 7) is 0. The van der Waals surface area contributed by atoms with Crippen LogP contribution in [0.25, 0.3) is 0 Å². The molecule has 0 radical (unpaired) electrons. The molecule has 0 bridgehead atoms. The van der Waals surface area contributed by atoms with Gasteiger partial charge in [0.15, 0.2) is 0 Å². The van der Waals surface area contributed by atoms with Crippen molar-refractivity contribution in [2.24, 2.45) is 15.9 Å². The Morgan fingerprint density at radius 1 is 1.18 bits per heavy atom. The smallest absolute Gasteiger partial charge is 0.143 e. The van der Waals surface area contributed by atoms with E-state index in [1.165, 1.54) is 5.56 Å². The van der Waals surface area contributed by atoms with E-state index >= 15 is 0 Å². The van der Waals surface area contributed by atoms with E-state index in [0.717, 1.165) is 31.4 Å². The molecule has 1 atom stereocenters. The Kier molecular flexibility index (Phi) is 4.01. The summed E-state index contributed by atoms with van der Waals surface area (Å²) in [5.74, 6) is 0. The van der Waals surface area contributed by atoms with Gasteiger partial charge < -0.3 is 10.8 Å². The Bertz CT molecular complexity index is 424. The molecule has 3 N–H and O–H groups in total. The molecule has 90 valence electrons. The third-order valence-electron chi connectivity index (χ3n) is 2.81. The van der Waals surface area contributed by atoms with Gasteiger partial charge in [-0.15, -0.1) is 0 Å². The Morgan fingerprint density at radius 3 is 2.65 bits per heavy atom. The summed E-state index contributed by atoms with van der Waals surface area (Å²) >= 11 is 0. The van der Waals surface area contributed by atoms with Gasteiger partial charge in [-0.1, -0.05) is 30.3 Å². The Morgan fingerprint density at radius 2 is 1.94 bits per heavy atom. The van der Waals surface area contributed by atoms with Gasteiger partial charge in [-0.05, 0) is 24.8 Å². The van der Waals surface area contributed by atoms with Crippen molar-refractivity contribution in [3.05, 3.63) is 35.9 Å². The third kappa shape index (κ3) is 3.47. The van der Waals surface area contributed by atoms with Crippen molar-refractivity contribution < 1.29 is 5.11 Å². The number of rotatable bonds is 3. The zero-order chi connectivity index (χ0) is 12.1. The first-order valence-corrected chi connectivity index (χ1v) is 5.85. The maximum atomic E-state index is 9.26. The summed E-state index contributed by atoms with van der Waals surface area (Å²) in [6.07, 6.45) is 2.42. The van der Waals surface area contributed by atoms with E-state index in [2.05, 4.69) is 22.3 Å². The van der Waals surface area contributed by atoms with E-state index in [1.54, 1.807) is 0 Å². The van der Waals surface area contributed by atoms with Crippen LogP contribution in [0.4, 0.5) is 0 Å². The SMILES string of the molecule is NC(O)C1=NN=C(Cc2ccccc2)CCC1. The summed E-state index contributed by atoms with van der Waals surface area (Å²) in [7, 11) is 0. The zero-order valence-corrected chi connectivity index (χ0v) is 9.71. The fourth-order valence-corrected chi connectivity index (χ4v) is 1.87. The molecule has 1 aromatic rings. The molecular weight excluding hydrogens is 214 g/mol. The highest BCUT2D eigenvalue weighted by Gasteiger charge is 2.12. The van der Waals surface area contributed by atoms with Crippen LogP contribution in [-0.4, -0.2) is 22.8 Å². The average Bonchev–Trinajstić information content (AvgIpc) is 2.56. The van der Waals surface area contributed by atoms with Crippen molar-refractivity contribution in [3.63, 3.8) is 0 Å². The van der Waals surface area contributed by atoms with E-state index in [1.807, 2.05) is 18.2 Å². The maximum Gasteiger partial charge on any atom is 0.143 e. The normalized spacial score (nSPS) is 18.0. The largest absolute Gasteiger partial charge is 0.373 e. The average molecular weight is 231 g/mol. The van der Waals surface area contributed by atoms with E-state index < -0.39 is 6.23 Å². The number of nitrogens with zero attached hydrogens (tertiary/aromatic N) is 2. The molecule has 1 unspecified atom stereocenters. The molecule has 17 heavy (non-hydrogen) atoms. The first-order chi connectivity index (χ1) is 8.25. The second-order valence-corrected chi connectivity index (χ2v) is 4.22. The van der Waals surface area contributed by atoms with Crippen LogP contribution in [0.3, 0.4) is 0 Å². The van der Waals surface area contributed by atoms with Crippen LogP contribution >= 0.6 is 0 Å². The topological polar surface area (TPSA) is 71.0 Å². The second kappa shape index (κ2) is 5.70. The van der Waals surface area contributed by atoms with Gasteiger partial charge in [-0.2, -0.15) is 10.2 Å². The lowest BCUT2D eigenvalue weighted by Gasteiger charge is -2.04. The maximum absolute atomic E-state index is 9.26. The van der Waals surface area contributed by atoms with Gasteiger partial charge >= 0.3 is 0 Å². The van der Waals surface area contributed by atoms with Crippen LogP contribution in [0.2, 0.25) is 0 Å². The molecule has 4 nitrogen and oxygen atoms in total. The Balaban J connectivity index is 2.07. The van der Waals surface area contributed by atoms with Gasteiger partial charge in [0.2, 0.25) is 0 Å². The monoisotopic (exact) mass is 231 g/mol. The van der Waals surface area contributed by atoms with Crippen LogP contribution < -0.4 is 5.73 Å². The molecule has 0 saturated carbocycles. The molecule has 1 heterocycles. The number of hydrogen-bond acceptors (Lipinski definition) is 4. The molecule has 0 aromatic heterocycles. The van der Waals surface area contributed by atoms with Gasteiger partial charge in [-0.3, -0.25) is 0 Å². The van der Waals surface area contributed by atoms with Crippen molar-refractivity contribution in [3.8, 4) is 0 Å². The molecule has 2 rings (SSSR count). The first-order valence-electron chi connectivity index (χ1n) is 5.85. The van der Waals surface area contributed by atoms with Crippen molar-refractivity contribution >= 4 is 11.4 Å². The van der Waals surface area contributed by atoms with Gasteiger partial charge in [0.1, 0.15) is 6.23 Å². The number of nitrogens with two attached hydrogens (primary N) is 1. The first kappa shape index (κ1) is 12.0. The second-order valence-electron chi connectivity index (χ2n) is 4.22. The molecule has 1 aliphatic heterocycles. The number of hydrogen-bond donors (Lipinski definition) is 2. The van der Waals surface area contributed by atoms with Crippen LogP contribution in [-0.2, 0) is 6.42 Å². The van der Waals surface area contributed by atoms with Crippen molar-refractivity contribution in [2.75, 3.05) is 0 Å². The molecule has 0 amide bonds. The molecule has 1 aliphatic rings. The van der Waals surface area contributed by atoms with Crippen molar-refractivity contribution in [1.29, 1.82) is 0 Å². The van der Waals surface area contributed by atoms with Crippen LogP contribution in [0, 0.1) is 0 Å². The zero-order valence-electron chi connectivity index (χ0n) is 9.71. The number of aliphatic hydroxyl groups is 1. The summed E-state index contributed by atoms with van der Waals surface area (Å²) in [4.78, 5) is 0.